The summed E-state index contributed by atoms with van der Waals surface area (Å²) in [6.45, 7) is 3.83. The normalized spacial score (nSPS) is 14.4. The highest BCUT2D eigenvalue weighted by Gasteiger charge is 2.27. The maximum absolute atomic E-state index is 12.4. The third-order valence-corrected chi connectivity index (χ3v) is 7.84. The Morgan fingerprint density at radius 3 is 1.61 bits per heavy atom. The van der Waals surface area contributed by atoms with Crippen molar-refractivity contribution in [1.82, 2.24) is 0 Å². The van der Waals surface area contributed by atoms with E-state index in [-0.39, 0.29) is 13.0 Å². The van der Waals surface area contributed by atoms with Crippen LogP contribution in [0.2, 0.25) is 0 Å². The number of hydrogen-bond acceptors (Lipinski definition) is 8. The van der Waals surface area contributed by atoms with Crippen LogP contribution in [0.4, 0.5) is 0 Å². The van der Waals surface area contributed by atoms with E-state index >= 15 is 0 Å². The molecule has 0 aromatic rings. The first kappa shape index (κ1) is 40.0. The molecule has 41 heavy (non-hydrogen) atoms. The molecule has 3 unspecified atom stereocenters. The van der Waals surface area contributed by atoms with Crippen LogP contribution in [0.3, 0.4) is 0 Å². The van der Waals surface area contributed by atoms with Gasteiger partial charge in [-0.2, -0.15) is 0 Å². The zero-order chi connectivity index (χ0) is 30.6. The highest BCUT2D eigenvalue weighted by atomic mass is 31.2. The number of carboxylic acid groups (broad SMARTS) is 1. The summed E-state index contributed by atoms with van der Waals surface area (Å²) in [6, 6.07) is -1.46. The summed E-state index contributed by atoms with van der Waals surface area (Å²) in [5.74, 6) is -1.78. The predicted octanol–water partition coefficient (Wildman–Crippen LogP) is 7.30. The molecule has 10 nitrogen and oxygen atoms in total. The first-order chi connectivity index (χ1) is 19.7. The van der Waals surface area contributed by atoms with Crippen LogP contribution < -0.4 is 5.73 Å². The van der Waals surface area contributed by atoms with Crippen LogP contribution >= 0.6 is 7.82 Å². The molecule has 11 heteroatoms. The summed E-state index contributed by atoms with van der Waals surface area (Å²) in [5, 5.41) is 8.81. The van der Waals surface area contributed by atoms with Crippen molar-refractivity contribution in [3.05, 3.63) is 0 Å². The van der Waals surface area contributed by atoms with Crippen LogP contribution in [0, 0.1) is 0 Å². The number of rotatable bonds is 31. The Morgan fingerprint density at radius 1 is 0.683 bits per heavy atom. The first-order valence-corrected chi connectivity index (χ1v) is 17.6. The van der Waals surface area contributed by atoms with Crippen molar-refractivity contribution in [3.63, 3.8) is 0 Å². The molecule has 4 N–H and O–H groups in total. The smallest absolute Gasteiger partial charge is 0.472 e. The summed E-state index contributed by atoms with van der Waals surface area (Å²) >= 11 is 0. The fourth-order valence-electron chi connectivity index (χ4n) is 4.31. The predicted molar refractivity (Wildman–Crippen MR) is 162 cm³/mol. The van der Waals surface area contributed by atoms with Crippen LogP contribution in [0.25, 0.3) is 0 Å². The highest BCUT2D eigenvalue weighted by Crippen LogP contribution is 2.43. The van der Waals surface area contributed by atoms with Gasteiger partial charge in [-0.15, -0.1) is 0 Å². The number of aliphatic carboxylic acids is 1. The summed E-state index contributed by atoms with van der Waals surface area (Å²) in [7, 11) is -4.59. The lowest BCUT2D eigenvalue weighted by atomic mass is 10.1. The number of carbonyl (C=O) groups excluding carboxylic acids is 1. The molecule has 0 heterocycles. The van der Waals surface area contributed by atoms with Gasteiger partial charge in [-0.25, -0.2) is 4.57 Å². The molecule has 0 aliphatic heterocycles. The van der Waals surface area contributed by atoms with E-state index in [4.69, 9.17) is 24.8 Å². The number of phosphoric ester groups is 1. The number of unbranched alkanes of at least 4 members (excludes halogenated alkanes) is 17. The van der Waals surface area contributed by atoms with Gasteiger partial charge < -0.3 is 25.2 Å². The Balaban J connectivity index is 4.38. The van der Waals surface area contributed by atoms with Crippen LogP contribution in [-0.4, -0.2) is 60.5 Å². The van der Waals surface area contributed by atoms with Crippen molar-refractivity contribution < 1.29 is 42.7 Å². The molecule has 0 aromatic carbocycles. The Morgan fingerprint density at radius 2 is 1.12 bits per heavy atom. The first-order valence-electron chi connectivity index (χ1n) is 16.1. The van der Waals surface area contributed by atoms with Gasteiger partial charge in [0.15, 0.2) is 0 Å². The zero-order valence-electron chi connectivity index (χ0n) is 25.9. The van der Waals surface area contributed by atoms with Crippen molar-refractivity contribution in [2.75, 3.05) is 26.4 Å². The molecule has 0 aliphatic carbocycles. The summed E-state index contributed by atoms with van der Waals surface area (Å²) in [4.78, 5) is 33.1. The van der Waals surface area contributed by atoms with E-state index in [2.05, 4.69) is 18.4 Å². The lowest BCUT2D eigenvalue weighted by Crippen LogP contribution is -2.34. The second-order valence-corrected chi connectivity index (χ2v) is 12.4. The topological polar surface area (TPSA) is 155 Å². The molecule has 0 aliphatic rings. The Hall–Kier alpha value is -1.03. The van der Waals surface area contributed by atoms with Gasteiger partial charge in [0.2, 0.25) is 0 Å². The van der Waals surface area contributed by atoms with Crippen molar-refractivity contribution in [2.45, 2.75) is 154 Å². The van der Waals surface area contributed by atoms with E-state index in [0.29, 0.717) is 6.61 Å². The van der Waals surface area contributed by atoms with E-state index in [1.807, 2.05) is 0 Å². The van der Waals surface area contributed by atoms with E-state index in [9.17, 15) is 19.0 Å². The van der Waals surface area contributed by atoms with Crippen molar-refractivity contribution in [2.24, 2.45) is 5.73 Å². The minimum absolute atomic E-state index is 0.0232. The number of carboxylic acids is 1. The van der Waals surface area contributed by atoms with Gasteiger partial charge in [-0.05, 0) is 12.8 Å². The minimum Gasteiger partial charge on any atom is -0.480 e. The van der Waals surface area contributed by atoms with E-state index in [0.717, 1.165) is 38.5 Å². The Labute approximate surface area is 249 Å². The second kappa shape index (κ2) is 27.8. The quantitative estimate of drug-likeness (QED) is 0.0414. The molecule has 0 rings (SSSR count). The Bertz CT molecular complexity index is 680. The van der Waals surface area contributed by atoms with E-state index in [1.165, 1.54) is 83.5 Å². The summed E-state index contributed by atoms with van der Waals surface area (Å²) in [6.07, 6.45) is 21.6. The standard InChI is InChI=1S/C30H60NO9P/c1-3-5-7-9-11-13-14-16-18-20-22-29(32)40-27(25-38-41(35,36)39-26-28(31)30(33)34)24-37-23-21-19-17-15-12-10-8-6-4-2/h27-28H,3-26,31H2,1-2H3,(H,33,34)(H,35,36). The minimum atomic E-state index is -4.59. The lowest BCUT2D eigenvalue weighted by molar-refractivity contribution is -0.154. The fourth-order valence-corrected chi connectivity index (χ4v) is 5.09. The number of esters is 1. The number of nitrogens with two attached hydrogens (primary N) is 1. The molecule has 244 valence electrons. The average Bonchev–Trinajstić information content (AvgIpc) is 2.94. The molecule has 0 bridgehead atoms. The number of carbonyl (C=O) groups is 2. The van der Waals surface area contributed by atoms with Crippen molar-refractivity contribution >= 4 is 19.8 Å². The lowest BCUT2D eigenvalue weighted by Gasteiger charge is -2.20. The van der Waals surface area contributed by atoms with Gasteiger partial charge in [0.25, 0.3) is 0 Å². The van der Waals surface area contributed by atoms with Gasteiger partial charge in [0.05, 0.1) is 19.8 Å². The molecule has 0 spiro atoms. The molecular weight excluding hydrogens is 549 g/mol. The van der Waals surface area contributed by atoms with Crippen LogP contribution in [0.5, 0.6) is 0 Å². The maximum atomic E-state index is 12.4. The molecule has 0 saturated heterocycles. The molecule has 0 amide bonds. The largest absolute Gasteiger partial charge is 0.480 e. The second-order valence-electron chi connectivity index (χ2n) is 11.0. The van der Waals surface area contributed by atoms with Crippen LogP contribution in [0.1, 0.15) is 142 Å². The number of phosphoric acid groups is 1. The maximum Gasteiger partial charge on any atom is 0.472 e. The molecule has 3 atom stereocenters. The molecular formula is C30H60NO9P. The number of hydrogen-bond donors (Lipinski definition) is 3. The number of ether oxygens (including phenoxy) is 2. The van der Waals surface area contributed by atoms with Crippen molar-refractivity contribution in [3.8, 4) is 0 Å². The van der Waals surface area contributed by atoms with Gasteiger partial charge in [-0.3, -0.25) is 18.6 Å². The highest BCUT2D eigenvalue weighted by molar-refractivity contribution is 7.47. The monoisotopic (exact) mass is 609 g/mol. The van der Waals surface area contributed by atoms with Gasteiger partial charge >= 0.3 is 19.8 Å². The van der Waals surface area contributed by atoms with Crippen molar-refractivity contribution in [1.29, 1.82) is 0 Å². The summed E-state index contributed by atoms with van der Waals surface area (Å²) in [5.41, 5.74) is 5.30. The van der Waals surface area contributed by atoms with Gasteiger partial charge in [0.1, 0.15) is 12.1 Å². The molecule has 0 aromatic heterocycles. The van der Waals surface area contributed by atoms with Crippen LogP contribution in [0.15, 0.2) is 0 Å². The van der Waals surface area contributed by atoms with E-state index < -0.39 is 45.1 Å². The fraction of sp³-hybridized carbons (Fsp3) is 0.933. The van der Waals surface area contributed by atoms with E-state index in [1.54, 1.807) is 0 Å². The summed E-state index contributed by atoms with van der Waals surface area (Å²) < 4.78 is 32.9. The molecule has 0 radical (unpaired) electrons. The molecule has 0 saturated carbocycles. The SMILES string of the molecule is CCCCCCCCCCCCC(=O)OC(COCCCCCCCCCCC)COP(=O)(O)OCC(N)C(=O)O. The average molecular weight is 610 g/mol. The zero-order valence-corrected chi connectivity index (χ0v) is 26.8. The van der Waals surface area contributed by atoms with Gasteiger partial charge in [-0.1, -0.05) is 123 Å². The molecule has 0 fully saturated rings. The van der Waals surface area contributed by atoms with Crippen LogP contribution in [-0.2, 0) is 32.7 Å². The van der Waals surface area contributed by atoms with Gasteiger partial charge in [0, 0.05) is 13.0 Å². The Kier molecular flexibility index (Phi) is 27.1. The third kappa shape index (κ3) is 27.5. The third-order valence-electron chi connectivity index (χ3n) is 6.89.